The normalized spacial score (nSPS) is 25.5. The number of hydrogen-bond acceptors (Lipinski definition) is 2. The van der Waals surface area contributed by atoms with Gasteiger partial charge in [-0.3, -0.25) is 0 Å². The third-order valence-corrected chi connectivity index (χ3v) is 2.60. The smallest absolute Gasteiger partial charge is 0.0218 e. The number of likely N-dealkylation sites (tertiary alicyclic amines) is 1. The summed E-state index contributed by atoms with van der Waals surface area (Å²) in [5.41, 5.74) is 0. The van der Waals surface area contributed by atoms with Gasteiger partial charge in [0.05, 0.1) is 0 Å². The van der Waals surface area contributed by atoms with Gasteiger partial charge in [0.15, 0.2) is 0 Å². The third kappa shape index (κ3) is 3.11. The molecule has 1 rings (SSSR count). The zero-order valence-electron chi connectivity index (χ0n) is 8.64. The van der Waals surface area contributed by atoms with Gasteiger partial charge in [-0.2, -0.15) is 0 Å². The van der Waals surface area contributed by atoms with Crippen molar-refractivity contribution in [1.29, 1.82) is 0 Å². The molecule has 1 aliphatic heterocycles. The molecule has 72 valence electrons. The maximum absolute atomic E-state index is 3.52. The molecule has 0 amide bonds. The number of hydrogen-bond donors (Lipinski definition) is 1. The molecule has 2 nitrogen and oxygen atoms in total. The van der Waals surface area contributed by atoms with Crippen molar-refractivity contribution in [1.82, 2.24) is 10.2 Å². The number of rotatable bonds is 4. The Balaban J connectivity index is 2.06. The Morgan fingerprint density at radius 2 is 2.25 bits per heavy atom. The summed E-state index contributed by atoms with van der Waals surface area (Å²) < 4.78 is 0. The Bertz CT molecular complexity index is 123. The molecule has 0 aromatic heterocycles. The van der Waals surface area contributed by atoms with E-state index in [1.165, 1.54) is 25.9 Å². The van der Waals surface area contributed by atoms with Gasteiger partial charge in [0.1, 0.15) is 0 Å². The summed E-state index contributed by atoms with van der Waals surface area (Å²) in [4.78, 5) is 2.47. The second-order valence-electron chi connectivity index (χ2n) is 4.33. The summed E-state index contributed by atoms with van der Waals surface area (Å²) in [5, 5.41) is 3.52. The highest BCUT2D eigenvalue weighted by molar-refractivity contribution is 4.78. The van der Waals surface area contributed by atoms with Crippen molar-refractivity contribution in [2.24, 2.45) is 5.92 Å². The van der Waals surface area contributed by atoms with E-state index < -0.39 is 0 Å². The van der Waals surface area contributed by atoms with Crippen molar-refractivity contribution in [2.45, 2.75) is 32.7 Å². The summed E-state index contributed by atoms with van der Waals surface area (Å²) in [7, 11) is 2.23. The minimum atomic E-state index is 0.775. The van der Waals surface area contributed by atoms with Gasteiger partial charge in [-0.1, -0.05) is 13.8 Å². The van der Waals surface area contributed by atoms with Gasteiger partial charge in [-0.05, 0) is 38.9 Å². The Kier molecular flexibility index (Phi) is 4.02. The highest BCUT2D eigenvalue weighted by Gasteiger charge is 2.19. The van der Waals surface area contributed by atoms with Gasteiger partial charge in [0.2, 0.25) is 0 Å². The molecule has 2 heteroatoms. The van der Waals surface area contributed by atoms with Crippen molar-refractivity contribution in [2.75, 3.05) is 26.7 Å². The maximum atomic E-state index is 3.52. The summed E-state index contributed by atoms with van der Waals surface area (Å²) in [6, 6.07) is 0.795. The van der Waals surface area contributed by atoms with Crippen LogP contribution in [-0.4, -0.2) is 37.6 Å². The molecule has 1 N–H and O–H groups in total. The average molecular weight is 170 g/mol. The fraction of sp³-hybridized carbons (Fsp3) is 1.00. The Morgan fingerprint density at radius 1 is 1.50 bits per heavy atom. The van der Waals surface area contributed by atoms with Gasteiger partial charge in [0, 0.05) is 12.6 Å². The van der Waals surface area contributed by atoms with Crippen LogP contribution < -0.4 is 5.32 Å². The third-order valence-electron chi connectivity index (χ3n) is 2.60. The molecule has 0 aromatic carbocycles. The van der Waals surface area contributed by atoms with Crippen LogP contribution in [0.25, 0.3) is 0 Å². The van der Waals surface area contributed by atoms with Crippen LogP contribution in [0.4, 0.5) is 0 Å². The van der Waals surface area contributed by atoms with Gasteiger partial charge in [0.25, 0.3) is 0 Å². The lowest BCUT2D eigenvalue weighted by molar-refractivity contribution is 0.297. The van der Waals surface area contributed by atoms with Crippen molar-refractivity contribution in [3.63, 3.8) is 0 Å². The van der Waals surface area contributed by atoms with Crippen molar-refractivity contribution < 1.29 is 0 Å². The lowest BCUT2D eigenvalue weighted by atomic mass is 10.2. The Morgan fingerprint density at radius 3 is 2.75 bits per heavy atom. The van der Waals surface area contributed by atoms with Crippen molar-refractivity contribution >= 4 is 0 Å². The van der Waals surface area contributed by atoms with E-state index in [-0.39, 0.29) is 0 Å². The van der Waals surface area contributed by atoms with Crippen LogP contribution in [0.2, 0.25) is 0 Å². The fourth-order valence-electron chi connectivity index (χ4n) is 1.78. The van der Waals surface area contributed by atoms with E-state index >= 15 is 0 Å². The van der Waals surface area contributed by atoms with Crippen molar-refractivity contribution in [3.8, 4) is 0 Å². The fourth-order valence-corrected chi connectivity index (χ4v) is 1.78. The number of nitrogens with one attached hydrogen (secondary N) is 1. The van der Waals surface area contributed by atoms with Crippen LogP contribution in [0, 0.1) is 5.92 Å². The first kappa shape index (κ1) is 10.0. The molecule has 1 fully saturated rings. The lowest BCUT2D eigenvalue weighted by Crippen LogP contribution is -2.36. The minimum absolute atomic E-state index is 0.775. The van der Waals surface area contributed by atoms with Crippen LogP contribution in [0.15, 0.2) is 0 Å². The van der Waals surface area contributed by atoms with E-state index in [4.69, 9.17) is 0 Å². The van der Waals surface area contributed by atoms with Gasteiger partial charge >= 0.3 is 0 Å². The molecule has 0 aliphatic carbocycles. The summed E-state index contributed by atoms with van der Waals surface area (Å²) in [5.74, 6) is 0.775. The molecule has 1 heterocycles. The number of nitrogens with zero attached hydrogens (tertiary/aromatic N) is 1. The first-order valence-corrected chi connectivity index (χ1v) is 5.11. The van der Waals surface area contributed by atoms with Crippen LogP contribution in [0.3, 0.4) is 0 Å². The van der Waals surface area contributed by atoms with Crippen LogP contribution in [0.1, 0.15) is 26.7 Å². The predicted octanol–water partition coefficient (Wildman–Crippen LogP) is 1.33. The topological polar surface area (TPSA) is 15.3 Å². The molecule has 1 atom stereocenters. The molecule has 0 spiro atoms. The Hall–Kier alpha value is -0.0800. The zero-order chi connectivity index (χ0) is 8.97. The molecule has 12 heavy (non-hydrogen) atoms. The lowest BCUT2D eigenvalue weighted by Gasteiger charge is -2.20. The van der Waals surface area contributed by atoms with Gasteiger partial charge in [-0.15, -0.1) is 0 Å². The summed E-state index contributed by atoms with van der Waals surface area (Å²) in [6.07, 6.45) is 2.76. The quantitative estimate of drug-likeness (QED) is 0.684. The highest BCUT2D eigenvalue weighted by Crippen LogP contribution is 2.13. The van der Waals surface area contributed by atoms with E-state index in [1.807, 2.05) is 0 Å². The SMILES string of the molecule is CC(C)CNCC1CCCN1C. The highest BCUT2D eigenvalue weighted by atomic mass is 15.2. The molecule has 0 radical (unpaired) electrons. The van der Waals surface area contributed by atoms with Gasteiger partial charge in [-0.25, -0.2) is 0 Å². The van der Waals surface area contributed by atoms with E-state index in [2.05, 4.69) is 31.1 Å². The zero-order valence-corrected chi connectivity index (χ0v) is 8.64. The van der Waals surface area contributed by atoms with Crippen LogP contribution in [0.5, 0.6) is 0 Å². The molecule has 1 aliphatic rings. The number of likely N-dealkylation sites (N-methyl/N-ethyl adjacent to an activating group) is 1. The van der Waals surface area contributed by atoms with Crippen molar-refractivity contribution in [3.05, 3.63) is 0 Å². The van der Waals surface area contributed by atoms with Gasteiger partial charge < -0.3 is 10.2 Å². The van der Waals surface area contributed by atoms with E-state index in [0.29, 0.717) is 0 Å². The Labute approximate surface area is 76.3 Å². The minimum Gasteiger partial charge on any atom is -0.315 e. The second kappa shape index (κ2) is 4.83. The molecule has 1 unspecified atom stereocenters. The molecular weight excluding hydrogens is 148 g/mol. The maximum Gasteiger partial charge on any atom is 0.0218 e. The summed E-state index contributed by atoms with van der Waals surface area (Å²) >= 11 is 0. The molecular formula is C10H22N2. The summed E-state index contributed by atoms with van der Waals surface area (Å²) in [6.45, 7) is 8.13. The largest absolute Gasteiger partial charge is 0.315 e. The monoisotopic (exact) mass is 170 g/mol. The molecule has 0 bridgehead atoms. The average Bonchev–Trinajstić information content (AvgIpc) is 2.36. The van der Waals surface area contributed by atoms with Crippen LogP contribution in [-0.2, 0) is 0 Å². The van der Waals surface area contributed by atoms with E-state index in [0.717, 1.165) is 18.5 Å². The van der Waals surface area contributed by atoms with E-state index in [1.54, 1.807) is 0 Å². The second-order valence-corrected chi connectivity index (χ2v) is 4.33. The van der Waals surface area contributed by atoms with Crippen LogP contribution >= 0.6 is 0 Å². The molecule has 1 saturated heterocycles. The van der Waals surface area contributed by atoms with E-state index in [9.17, 15) is 0 Å². The molecule has 0 aromatic rings. The standard InChI is InChI=1S/C10H22N2/c1-9(2)7-11-8-10-5-4-6-12(10)3/h9-11H,4-8H2,1-3H3. The predicted molar refractivity (Wildman–Crippen MR) is 53.4 cm³/mol. The molecule has 0 saturated carbocycles. The first-order valence-electron chi connectivity index (χ1n) is 5.11. The first-order chi connectivity index (χ1) is 5.70.